The van der Waals surface area contributed by atoms with Crippen LogP contribution in [0.1, 0.15) is 17.3 Å². The third-order valence-corrected chi connectivity index (χ3v) is 3.13. The van der Waals surface area contributed by atoms with Crippen molar-refractivity contribution >= 4 is 22.3 Å². The molecule has 0 aromatic carbocycles. The Morgan fingerprint density at radius 1 is 1.56 bits per heavy atom. The lowest BCUT2D eigenvalue weighted by molar-refractivity contribution is 0.0529. The summed E-state index contributed by atoms with van der Waals surface area (Å²) in [5.74, 6) is -0.970. The molecule has 2 heterocycles. The normalized spacial score (nSPS) is 10.3. The third-order valence-electron chi connectivity index (χ3n) is 2.31. The van der Waals surface area contributed by atoms with Crippen molar-refractivity contribution in [3.8, 4) is 11.1 Å². The van der Waals surface area contributed by atoms with Crippen molar-refractivity contribution in [2.24, 2.45) is 0 Å². The lowest BCUT2D eigenvalue weighted by Gasteiger charge is -2.05. The molecule has 0 amide bonds. The van der Waals surface area contributed by atoms with E-state index in [2.05, 4.69) is 4.98 Å². The molecule has 0 saturated carbocycles. The van der Waals surface area contributed by atoms with Crippen molar-refractivity contribution in [2.75, 3.05) is 12.3 Å². The smallest absolute Gasteiger partial charge is 0.341 e. The first-order valence-electron chi connectivity index (χ1n) is 5.28. The van der Waals surface area contributed by atoms with Crippen LogP contribution in [0, 0.1) is 5.82 Å². The molecule has 0 aliphatic rings. The van der Waals surface area contributed by atoms with Crippen LogP contribution in [0.25, 0.3) is 11.1 Å². The molecule has 0 saturated heterocycles. The lowest BCUT2D eigenvalue weighted by Crippen LogP contribution is -2.07. The van der Waals surface area contributed by atoms with Gasteiger partial charge in [0.1, 0.15) is 16.4 Å². The maximum Gasteiger partial charge on any atom is 0.341 e. The highest BCUT2D eigenvalue weighted by Gasteiger charge is 2.20. The van der Waals surface area contributed by atoms with Crippen LogP contribution in [0.5, 0.6) is 0 Å². The highest BCUT2D eigenvalue weighted by atomic mass is 32.1. The maximum absolute atomic E-state index is 13.1. The molecule has 2 aromatic heterocycles. The molecule has 0 fully saturated rings. The van der Waals surface area contributed by atoms with Crippen molar-refractivity contribution in [1.29, 1.82) is 0 Å². The fourth-order valence-electron chi connectivity index (χ4n) is 1.56. The van der Waals surface area contributed by atoms with Gasteiger partial charge >= 0.3 is 5.97 Å². The number of nitrogen functional groups attached to an aromatic ring is 1. The lowest BCUT2D eigenvalue weighted by atomic mass is 10.1. The van der Waals surface area contributed by atoms with Crippen molar-refractivity contribution in [3.05, 3.63) is 35.2 Å². The zero-order chi connectivity index (χ0) is 13.1. The zero-order valence-electron chi connectivity index (χ0n) is 9.64. The topological polar surface area (TPSA) is 65.2 Å². The van der Waals surface area contributed by atoms with E-state index in [1.54, 1.807) is 12.3 Å². The number of hydrogen-bond donors (Lipinski definition) is 1. The number of thiophene rings is 1. The second-order valence-electron chi connectivity index (χ2n) is 3.50. The van der Waals surface area contributed by atoms with E-state index in [9.17, 15) is 9.18 Å². The van der Waals surface area contributed by atoms with E-state index in [0.29, 0.717) is 16.1 Å². The molecule has 0 atom stereocenters. The van der Waals surface area contributed by atoms with E-state index < -0.39 is 11.8 Å². The van der Waals surface area contributed by atoms with E-state index in [-0.39, 0.29) is 12.2 Å². The minimum atomic E-state index is -0.504. The molecule has 4 nitrogen and oxygen atoms in total. The van der Waals surface area contributed by atoms with Crippen molar-refractivity contribution in [1.82, 2.24) is 4.98 Å². The van der Waals surface area contributed by atoms with Crippen LogP contribution in [0.4, 0.5) is 9.39 Å². The Labute approximate surface area is 107 Å². The molecule has 6 heteroatoms. The Hall–Kier alpha value is -1.95. The summed E-state index contributed by atoms with van der Waals surface area (Å²) in [6.07, 6.45) is 2.58. The molecule has 0 aliphatic heterocycles. The van der Waals surface area contributed by atoms with Gasteiger partial charge in [0.15, 0.2) is 0 Å². The highest BCUT2D eigenvalue weighted by Crippen LogP contribution is 2.34. The second-order valence-corrected chi connectivity index (χ2v) is 4.41. The number of nitrogens with zero attached hydrogens (tertiary/aromatic N) is 1. The first kappa shape index (κ1) is 12.5. The number of hydrogen-bond acceptors (Lipinski definition) is 5. The summed E-state index contributed by atoms with van der Waals surface area (Å²) in [6.45, 7) is 1.97. The van der Waals surface area contributed by atoms with Crippen LogP contribution in [0.2, 0.25) is 0 Å². The van der Waals surface area contributed by atoms with Crippen LogP contribution in [0.15, 0.2) is 23.8 Å². The Bertz CT molecular complexity index is 583. The SMILES string of the molecule is CCOC(=O)c1c(-c2cncc(F)c2)csc1N. The van der Waals surface area contributed by atoms with Gasteiger partial charge in [-0.2, -0.15) is 0 Å². The van der Waals surface area contributed by atoms with Crippen molar-refractivity contribution in [3.63, 3.8) is 0 Å². The van der Waals surface area contributed by atoms with Gasteiger partial charge in [-0.15, -0.1) is 11.3 Å². The molecule has 2 N–H and O–H groups in total. The number of rotatable bonds is 3. The minimum Gasteiger partial charge on any atom is -0.462 e. The molecule has 94 valence electrons. The van der Waals surface area contributed by atoms with E-state index in [0.717, 1.165) is 6.20 Å². The van der Waals surface area contributed by atoms with Crippen LogP contribution in [-0.4, -0.2) is 17.6 Å². The van der Waals surface area contributed by atoms with Crippen LogP contribution in [0.3, 0.4) is 0 Å². The monoisotopic (exact) mass is 266 g/mol. The highest BCUT2D eigenvalue weighted by molar-refractivity contribution is 7.14. The summed E-state index contributed by atoms with van der Waals surface area (Å²) in [5.41, 5.74) is 7.07. The quantitative estimate of drug-likeness (QED) is 0.867. The predicted octanol–water partition coefficient (Wildman–Crippen LogP) is 2.71. The van der Waals surface area contributed by atoms with Gasteiger partial charge in [0, 0.05) is 22.7 Å². The third kappa shape index (κ3) is 2.33. The van der Waals surface area contributed by atoms with Gasteiger partial charge in [0.2, 0.25) is 0 Å². The summed E-state index contributed by atoms with van der Waals surface area (Å²) >= 11 is 1.21. The summed E-state index contributed by atoms with van der Waals surface area (Å²) in [7, 11) is 0. The molecule has 2 aromatic rings. The Kier molecular flexibility index (Phi) is 3.57. The molecule has 0 radical (unpaired) electrons. The first-order chi connectivity index (χ1) is 8.63. The average molecular weight is 266 g/mol. The van der Waals surface area contributed by atoms with Gasteiger partial charge < -0.3 is 10.5 Å². The minimum absolute atomic E-state index is 0.259. The van der Waals surface area contributed by atoms with Crippen LogP contribution < -0.4 is 5.73 Å². The summed E-state index contributed by atoms with van der Waals surface area (Å²) in [5, 5.41) is 2.05. The van der Waals surface area contributed by atoms with Gasteiger partial charge in [-0.05, 0) is 13.0 Å². The van der Waals surface area contributed by atoms with E-state index >= 15 is 0 Å². The standard InChI is InChI=1S/C12H11FN2O2S/c1-2-17-12(16)10-9(6-18-11(10)14)7-3-8(13)5-15-4-7/h3-6H,2,14H2,1H3. The molecule has 18 heavy (non-hydrogen) atoms. The van der Waals surface area contributed by atoms with Crippen molar-refractivity contribution in [2.45, 2.75) is 6.92 Å². The number of anilines is 1. The number of carbonyl (C=O) groups is 1. The number of nitrogens with two attached hydrogens (primary N) is 1. The van der Waals surface area contributed by atoms with Gasteiger partial charge in [-0.3, -0.25) is 4.98 Å². The van der Waals surface area contributed by atoms with E-state index in [1.807, 2.05) is 0 Å². The summed E-state index contributed by atoms with van der Waals surface area (Å²) in [6, 6.07) is 1.30. The Morgan fingerprint density at radius 3 is 3.00 bits per heavy atom. The predicted molar refractivity (Wildman–Crippen MR) is 67.9 cm³/mol. The average Bonchev–Trinajstić information content (AvgIpc) is 2.71. The number of esters is 1. The second kappa shape index (κ2) is 5.14. The Balaban J connectivity index is 2.49. The molecular weight excluding hydrogens is 255 g/mol. The first-order valence-corrected chi connectivity index (χ1v) is 6.16. The fourth-order valence-corrected chi connectivity index (χ4v) is 2.37. The fraction of sp³-hybridized carbons (Fsp3) is 0.167. The number of pyridine rings is 1. The largest absolute Gasteiger partial charge is 0.462 e. The van der Waals surface area contributed by atoms with Crippen LogP contribution >= 0.6 is 11.3 Å². The summed E-state index contributed by atoms with van der Waals surface area (Å²) in [4.78, 5) is 15.5. The zero-order valence-corrected chi connectivity index (χ0v) is 10.5. The molecular formula is C12H11FN2O2S. The van der Waals surface area contributed by atoms with E-state index in [4.69, 9.17) is 10.5 Å². The number of carbonyl (C=O) groups excluding carboxylic acids is 1. The Morgan fingerprint density at radius 2 is 2.33 bits per heavy atom. The molecule has 0 spiro atoms. The van der Waals surface area contributed by atoms with Crippen molar-refractivity contribution < 1.29 is 13.9 Å². The number of ether oxygens (including phenoxy) is 1. The molecule has 0 aliphatic carbocycles. The maximum atomic E-state index is 13.1. The molecule has 0 bridgehead atoms. The number of aromatic nitrogens is 1. The van der Waals surface area contributed by atoms with Crippen LogP contribution in [-0.2, 0) is 4.74 Å². The van der Waals surface area contributed by atoms with E-state index in [1.165, 1.54) is 23.6 Å². The number of halogens is 1. The molecule has 0 unspecified atom stereocenters. The van der Waals surface area contributed by atoms with Gasteiger partial charge in [0.05, 0.1) is 12.8 Å². The summed E-state index contributed by atoms with van der Waals surface area (Å²) < 4.78 is 18.1. The van der Waals surface area contributed by atoms with Gasteiger partial charge in [0.25, 0.3) is 0 Å². The molecule has 2 rings (SSSR count). The van der Waals surface area contributed by atoms with Gasteiger partial charge in [-0.1, -0.05) is 0 Å². The van der Waals surface area contributed by atoms with Gasteiger partial charge in [-0.25, -0.2) is 9.18 Å².